The molecule has 0 amide bonds. The van der Waals surface area contributed by atoms with E-state index in [4.69, 9.17) is 0 Å². The van der Waals surface area contributed by atoms with Crippen LogP contribution in [0.3, 0.4) is 0 Å². The lowest BCUT2D eigenvalue weighted by atomic mass is 10.2. The van der Waals surface area contributed by atoms with Gasteiger partial charge in [-0.25, -0.2) is 0 Å². The lowest BCUT2D eigenvalue weighted by Crippen LogP contribution is -2.24. The highest BCUT2D eigenvalue weighted by molar-refractivity contribution is 5.58. The molecule has 1 heterocycles. The Balaban J connectivity index is 2.88. The zero-order valence-electron chi connectivity index (χ0n) is 8.92. The summed E-state index contributed by atoms with van der Waals surface area (Å²) in [4.78, 5) is 10.2. The largest absolute Gasteiger partial charge is 0.619 e. The minimum atomic E-state index is -0.502. The minimum absolute atomic E-state index is 0.0622. The van der Waals surface area contributed by atoms with Gasteiger partial charge in [-0.1, -0.05) is 6.08 Å². The third-order valence-corrected chi connectivity index (χ3v) is 2.00. The van der Waals surface area contributed by atoms with E-state index >= 15 is 0 Å². The van der Waals surface area contributed by atoms with E-state index in [-0.39, 0.29) is 5.69 Å². The average Bonchev–Trinajstić information content (AvgIpc) is 2.24. The van der Waals surface area contributed by atoms with Gasteiger partial charge in [0.15, 0.2) is 12.4 Å². The molecule has 1 aromatic rings. The van der Waals surface area contributed by atoms with Crippen LogP contribution in [-0.4, -0.2) is 18.5 Å². The number of pyridine rings is 1. The van der Waals surface area contributed by atoms with Crippen LogP contribution in [0.5, 0.6) is 0 Å². The van der Waals surface area contributed by atoms with Gasteiger partial charge in [-0.3, -0.25) is 10.1 Å². The van der Waals surface area contributed by atoms with E-state index in [2.05, 4.69) is 5.32 Å². The molecule has 0 aliphatic rings. The molecule has 6 nitrogen and oxygen atoms in total. The van der Waals surface area contributed by atoms with Gasteiger partial charge in [-0.2, -0.15) is 4.73 Å². The molecule has 0 aliphatic heterocycles. The van der Waals surface area contributed by atoms with E-state index in [0.29, 0.717) is 10.3 Å². The second-order valence-electron chi connectivity index (χ2n) is 3.20. The maximum Gasteiger partial charge on any atom is 0.288 e. The first-order valence-electron chi connectivity index (χ1n) is 4.83. The third kappa shape index (κ3) is 3.32. The SMILES string of the molecule is CNCCC=Cc1c[n+]([O-])ccc1[N+](=O)[O-]. The molecule has 0 bridgehead atoms. The number of hydrogen-bond acceptors (Lipinski definition) is 4. The van der Waals surface area contributed by atoms with E-state index in [1.165, 1.54) is 12.3 Å². The molecule has 1 N–H and O–H groups in total. The first kappa shape index (κ1) is 12.1. The van der Waals surface area contributed by atoms with Gasteiger partial charge >= 0.3 is 0 Å². The smallest absolute Gasteiger partial charge is 0.288 e. The lowest BCUT2D eigenvalue weighted by Gasteiger charge is -1.98. The standard InChI is InChI=1S/C10H13N3O3/c1-11-6-3-2-4-9-8-12(14)7-5-10(9)13(15)16/h2,4-5,7-8,11H,3,6H2,1H3. The molecule has 0 unspecified atom stereocenters. The molecule has 0 atom stereocenters. The Hall–Kier alpha value is -1.95. The number of nitrogens with one attached hydrogen (secondary N) is 1. The van der Waals surface area contributed by atoms with Crippen LogP contribution in [0.4, 0.5) is 5.69 Å². The summed E-state index contributed by atoms with van der Waals surface area (Å²) in [5.74, 6) is 0. The molecule has 0 aromatic carbocycles. The summed E-state index contributed by atoms with van der Waals surface area (Å²) in [7, 11) is 1.82. The summed E-state index contributed by atoms with van der Waals surface area (Å²) in [6.07, 6.45) is 6.43. The van der Waals surface area contributed by atoms with Crippen LogP contribution < -0.4 is 10.0 Å². The number of nitro groups is 1. The molecule has 1 aromatic heterocycles. The van der Waals surface area contributed by atoms with Crippen molar-refractivity contribution >= 4 is 11.8 Å². The Labute approximate surface area is 92.9 Å². The summed E-state index contributed by atoms with van der Waals surface area (Å²) in [6, 6.07) is 1.20. The van der Waals surface area contributed by atoms with Crippen molar-refractivity contribution in [1.29, 1.82) is 0 Å². The maximum atomic E-state index is 11.0. The maximum absolute atomic E-state index is 11.0. The molecular formula is C10H13N3O3. The third-order valence-electron chi connectivity index (χ3n) is 2.00. The molecular weight excluding hydrogens is 210 g/mol. The number of hydrogen-bond donors (Lipinski definition) is 1. The number of nitrogens with zero attached hydrogens (tertiary/aromatic N) is 2. The van der Waals surface area contributed by atoms with Crippen LogP contribution in [0.15, 0.2) is 24.5 Å². The van der Waals surface area contributed by atoms with Gasteiger partial charge in [0.1, 0.15) is 5.56 Å². The molecule has 0 saturated heterocycles. The van der Waals surface area contributed by atoms with Crippen molar-refractivity contribution in [2.24, 2.45) is 0 Å². The van der Waals surface area contributed by atoms with Gasteiger partial charge in [0.2, 0.25) is 0 Å². The molecule has 1 rings (SSSR count). The van der Waals surface area contributed by atoms with Gasteiger partial charge in [-0.05, 0) is 26.1 Å². The van der Waals surface area contributed by atoms with E-state index in [9.17, 15) is 15.3 Å². The van der Waals surface area contributed by atoms with Crippen molar-refractivity contribution in [1.82, 2.24) is 5.32 Å². The van der Waals surface area contributed by atoms with Crippen molar-refractivity contribution in [3.63, 3.8) is 0 Å². The molecule has 16 heavy (non-hydrogen) atoms. The number of rotatable bonds is 5. The molecule has 0 radical (unpaired) electrons. The van der Waals surface area contributed by atoms with Crippen molar-refractivity contribution < 1.29 is 9.65 Å². The highest BCUT2D eigenvalue weighted by atomic mass is 16.6. The quantitative estimate of drug-likeness (QED) is 0.264. The van der Waals surface area contributed by atoms with Crippen LogP contribution >= 0.6 is 0 Å². The average molecular weight is 223 g/mol. The fourth-order valence-corrected chi connectivity index (χ4v) is 1.22. The van der Waals surface area contributed by atoms with Gasteiger partial charge in [0.25, 0.3) is 5.69 Å². The normalized spacial score (nSPS) is 10.8. The summed E-state index contributed by atoms with van der Waals surface area (Å²) in [5, 5.41) is 24.6. The van der Waals surface area contributed by atoms with Gasteiger partial charge in [0.05, 0.1) is 11.0 Å². The van der Waals surface area contributed by atoms with Gasteiger partial charge in [0, 0.05) is 0 Å². The second-order valence-corrected chi connectivity index (χ2v) is 3.20. The summed E-state index contributed by atoms with van der Waals surface area (Å²) >= 11 is 0. The highest BCUT2D eigenvalue weighted by Crippen LogP contribution is 2.17. The zero-order valence-corrected chi connectivity index (χ0v) is 8.92. The molecule has 6 heteroatoms. The lowest BCUT2D eigenvalue weighted by molar-refractivity contribution is -0.606. The fourth-order valence-electron chi connectivity index (χ4n) is 1.22. The van der Waals surface area contributed by atoms with E-state index < -0.39 is 4.92 Å². The van der Waals surface area contributed by atoms with Crippen LogP contribution in [0.25, 0.3) is 6.08 Å². The number of aromatic nitrogens is 1. The predicted molar refractivity (Wildman–Crippen MR) is 59.6 cm³/mol. The summed E-state index contributed by atoms with van der Waals surface area (Å²) in [6.45, 7) is 0.786. The van der Waals surface area contributed by atoms with Crippen LogP contribution in [0.1, 0.15) is 12.0 Å². The monoisotopic (exact) mass is 223 g/mol. The Morgan fingerprint density at radius 2 is 2.38 bits per heavy atom. The van der Waals surface area contributed by atoms with E-state index in [0.717, 1.165) is 19.2 Å². The van der Waals surface area contributed by atoms with E-state index in [1.807, 2.05) is 7.05 Å². The highest BCUT2D eigenvalue weighted by Gasteiger charge is 2.13. The van der Waals surface area contributed by atoms with Crippen molar-refractivity contribution in [2.45, 2.75) is 6.42 Å². The second kappa shape index (κ2) is 5.82. The Morgan fingerprint density at radius 1 is 1.62 bits per heavy atom. The first-order valence-corrected chi connectivity index (χ1v) is 4.83. The van der Waals surface area contributed by atoms with Crippen molar-refractivity contribution in [3.8, 4) is 0 Å². The van der Waals surface area contributed by atoms with E-state index in [1.54, 1.807) is 12.2 Å². The van der Waals surface area contributed by atoms with Gasteiger partial charge in [-0.15, -0.1) is 0 Å². The van der Waals surface area contributed by atoms with Gasteiger partial charge < -0.3 is 10.5 Å². The Bertz CT molecular complexity index is 404. The Kier molecular flexibility index (Phi) is 4.41. The summed E-state index contributed by atoms with van der Waals surface area (Å²) < 4.78 is 0.546. The summed E-state index contributed by atoms with van der Waals surface area (Å²) in [5.41, 5.74) is 0.256. The predicted octanol–water partition coefficient (Wildman–Crippen LogP) is 0.851. The molecule has 0 fully saturated rings. The van der Waals surface area contributed by atoms with Crippen LogP contribution in [0.2, 0.25) is 0 Å². The fraction of sp³-hybridized carbons (Fsp3) is 0.300. The molecule has 0 aliphatic carbocycles. The zero-order chi connectivity index (χ0) is 12.0. The molecule has 0 spiro atoms. The van der Waals surface area contributed by atoms with Crippen LogP contribution in [0, 0.1) is 15.3 Å². The Morgan fingerprint density at radius 3 is 3.00 bits per heavy atom. The van der Waals surface area contributed by atoms with Crippen molar-refractivity contribution in [2.75, 3.05) is 13.6 Å². The first-order chi connectivity index (χ1) is 7.65. The minimum Gasteiger partial charge on any atom is -0.619 e. The molecule has 0 saturated carbocycles. The molecule has 86 valence electrons. The van der Waals surface area contributed by atoms with Crippen LogP contribution in [-0.2, 0) is 0 Å². The van der Waals surface area contributed by atoms with Crippen molar-refractivity contribution in [3.05, 3.63) is 45.4 Å². The topological polar surface area (TPSA) is 82.1 Å².